The van der Waals surface area contributed by atoms with Gasteiger partial charge < -0.3 is 14.6 Å². The van der Waals surface area contributed by atoms with Crippen LogP contribution >= 0.6 is 0 Å². The summed E-state index contributed by atoms with van der Waals surface area (Å²) in [6, 6.07) is 7.54. The van der Waals surface area contributed by atoms with Crippen molar-refractivity contribution < 1.29 is 9.53 Å². The zero-order chi connectivity index (χ0) is 18.0. The minimum atomic E-state index is -0.148. The molecule has 1 aromatic carbocycles. The highest BCUT2D eigenvalue weighted by molar-refractivity contribution is 5.77. The minimum Gasteiger partial charge on any atom is -0.494 e. The zero-order valence-electron chi connectivity index (χ0n) is 14.6. The van der Waals surface area contributed by atoms with Gasteiger partial charge in [-0.05, 0) is 19.1 Å². The van der Waals surface area contributed by atoms with Gasteiger partial charge >= 0.3 is 0 Å². The van der Waals surface area contributed by atoms with Gasteiger partial charge in [-0.3, -0.25) is 4.79 Å². The molecule has 0 aliphatic rings. The molecule has 0 spiro atoms. The number of nitrogens with one attached hydrogen (secondary N) is 1. The molecule has 2 heterocycles. The quantitative estimate of drug-likeness (QED) is 0.756. The zero-order valence-corrected chi connectivity index (χ0v) is 14.6. The largest absolute Gasteiger partial charge is 0.494 e. The van der Waals surface area contributed by atoms with Gasteiger partial charge in [0.25, 0.3) is 0 Å². The van der Waals surface area contributed by atoms with Gasteiger partial charge in [0.2, 0.25) is 5.91 Å². The number of carbonyl (C=O) groups is 1. The summed E-state index contributed by atoms with van der Waals surface area (Å²) >= 11 is 0. The predicted molar refractivity (Wildman–Crippen MR) is 92.6 cm³/mol. The van der Waals surface area contributed by atoms with Crippen molar-refractivity contribution in [3.8, 4) is 23.0 Å². The molecule has 0 aliphatic heterocycles. The van der Waals surface area contributed by atoms with E-state index in [4.69, 9.17) is 4.74 Å². The van der Waals surface area contributed by atoms with E-state index >= 15 is 0 Å². The van der Waals surface area contributed by atoms with E-state index in [1.807, 2.05) is 42.8 Å². The number of benzene rings is 1. The summed E-state index contributed by atoms with van der Waals surface area (Å²) < 4.78 is 9.03. The van der Waals surface area contributed by atoms with Crippen LogP contribution in [0.4, 0.5) is 0 Å². The van der Waals surface area contributed by atoms with Crippen molar-refractivity contribution in [3.63, 3.8) is 0 Å². The SMILES string of the molecule is CNC(=O)Cc1nc(-c2c(C)ncn2C)n(-c2ccccc2OC)n1. The van der Waals surface area contributed by atoms with Crippen molar-refractivity contribution in [2.45, 2.75) is 13.3 Å². The van der Waals surface area contributed by atoms with E-state index in [1.54, 1.807) is 25.2 Å². The molecule has 0 fully saturated rings. The number of carbonyl (C=O) groups excluding carboxylic acids is 1. The average Bonchev–Trinajstić information content (AvgIpc) is 3.17. The van der Waals surface area contributed by atoms with E-state index in [0.29, 0.717) is 17.4 Å². The third-order valence-corrected chi connectivity index (χ3v) is 3.89. The lowest BCUT2D eigenvalue weighted by Crippen LogP contribution is -2.20. The molecule has 8 heteroatoms. The van der Waals surface area contributed by atoms with E-state index in [9.17, 15) is 4.79 Å². The topological polar surface area (TPSA) is 86.9 Å². The van der Waals surface area contributed by atoms with Gasteiger partial charge in [0.05, 0.1) is 25.6 Å². The van der Waals surface area contributed by atoms with E-state index in [2.05, 4.69) is 20.4 Å². The molecule has 3 aromatic rings. The fourth-order valence-electron chi connectivity index (χ4n) is 2.65. The van der Waals surface area contributed by atoms with E-state index in [1.165, 1.54) is 0 Å². The smallest absolute Gasteiger partial charge is 0.227 e. The Morgan fingerprint density at radius 3 is 2.72 bits per heavy atom. The number of methoxy groups -OCH3 is 1. The first-order valence-electron chi connectivity index (χ1n) is 7.83. The average molecular weight is 340 g/mol. The summed E-state index contributed by atoms with van der Waals surface area (Å²) in [5.41, 5.74) is 2.41. The molecule has 0 atom stereocenters. The Bertz CT molecular complexity index is 892. The molecule has 2 aromatic heterocycles. The second-order valence-corrected chi connectivity index (χ2v) is 5.57. The van der Waals surface area contributed by atoms with Crippen LogP contribution in [0.15, 0.2) is 30.6 Å². The van der Waals surface area contributed by atoms with E-state index in [-0.39, 0.29) is 12.3 Å². The number of imidazole rings is 1. The molecule has 0 aliphatic carbocycles. The maximum Gasteiger partial charge on any atom is 0.227 e. The fourth-order valence-corrected chi connectivity index (χ4v) is 2.65. The molecule has 0 radical (unpaired) electrons. The highest BCUT2D eigenvalue weighted by Gasteiger charge is 2.21. The Balaban J connectivity index is 2.20. The molecular formula is C17H20N6O2. The Morgan fingerprint density at radius 2 is 2.08 bits per heavy atom. The van der Waals surface area contributed by atoms with Gasteiger partial charge in [0.15, 0.2) is 11.6 Å². The lowest BCUT2D eigenvalue weighted by atomic mass is 10.2. The lowest BCUT2D eigenvalue weighted by Gasteiger charge is -2.11. The molecule has 1 N–H and O–H groups in total. The number of hydrogen-bond acceptors (Lipinski definition) is 5. The first-order chi connectivity index (χ1) is 12.0. The minimum absolute atomic E-state index is 0.0998. The second kappa shape index (κ2) is 6.76. The van der Waals surface area contributed by atoms with Crippen molar-refractivity contribution in [2.75, 3.05) is 14.2 Å². The van der Waals surface area contributed by atoms with Gasteiger partial charge in [0, 0.05) is 14.1 Å². The highest BCUT2D eigenvalue weighted by atomic mass is 16.5. The van der Waals surface area contributed by atoms with Crippen molar-refractivity contribution in [2.24, 2.45) is 7.05 Å². The van der Waals surface area contributed by atoms with Crippen LogP contribution in [0.25, 0.3) is 17.2 Å². The maximum absolute atomic E-state index is 11.7. The van der Waals surface area contributed by atoms with Crippen LogP contribution in [0.1, 0.15) is 11.5 Å². The number of rotatable bonds is 5. The molecule has 25 heavy (non-hydrogen) atoms. The van der Waals surface area contributed by atoms with Crippen LogP contribution in [-0.4, -0.2) is 44.4 Å². The van der Waals surface area contributed by atoms with Gasteiger partial charge in [-0.15, -0.1) is 5.10 Å². The number of aryl methyl sites for hydroxylation is 2. The Hall–Kier alpha value is -3.16. The van der Waals surface area contributed by atoms with Crippen LogP contribution in [0.3, 0.4) is 0 Å². The number of likely N-dealkylation sites (N-methyl/N-ethyl adjacent to an activating group) is 1. The number of amides is 1. The molecular weight excluding hydrogens is 320 g/mol. The number of aromatic nitrogens is 5. The summed E-state index contributed by atoms with van der Waals surface area (Å²) in [6.45, 7) is 1.91. The van der Waals surface area contributed by atoms with Crippen molar-refractivity contribution in [1.82, 2.24) is 29.6 Å². The van der Waals surface area contributed by atoms with Gasteiger partial charge in [-0.1, -0.05) is 12.1 Å². The second-order valence-electron chi connectivity index (χ2n) is 5.57. The summed E-state index contributed by atoms with van der Waals surface area (Å²) in [5, 5.41) is 7.13. The Kier molecular flexibility index (Phi) is 4.51. The van der Waals surface area contributed by atoms with E-state index < -0.39 is 0 Å². The summed E-state index contributed by atoms with van der Waals surface area (Å²) in [6.07, 6.45) is 1.83. The lowest BCUT2D eigenvalue weighted by molar-refractivity contribution is -0.120. The standard InChI is InChI=1S/C17H20N6O2/c1-11-16(22(3)10-19-11)17-20-14(9-15(24)18-2)21-23(17)12-7-5-6-8-13(12)25-4/h5-8,10H,9H2,1-4H3,(H,18,24). The number of ether oxygens (including phenoxy) is 1. The third kappa shape index (κ3) is 3.10. The van der Waals surface area contributed by atoms with Gasteiger partial charge in [-0.2, -0.15) is 0 Å². The molecule has 130 valence electrons. The molecule has 0 unspecified atom stereocenters. The number of hydrogen-bond donors (Lipinski definition) is 1. The highest BCUT2D eigenvalue weighted by Crippen LogP contribution is 2.28. The summed E-state index contributed by atoms with van der Waals surface area (Å²) in [5.74, 6) is 1.56. The molecule has 1 amide bonds. The van der Waals surface area contributed by atoms with Crippen molar-refractivity contribution in [3.05, 3.63) is 42.1 Å². The predicted octanol–water partition coefficient (Wildman–Crippen LogP) is 1.27. The molecule has 0 saturated heterocycles. The summed E-state index contributed by atoms with van der Waals surface area (Å²) in [7, 11) is 5.09. The third-order valence-electron chi connectivity index (χ3n) is 3.89. The Morgan fingerprint density at radius 1 is 1.32 bits per heavy atom. The number of nitrogens with zero attached hydrogens (tertiary/aromatic N) is 5. The van der Waals surface area contributed by atoms with Gasteiger partial charge in [0.1, 0.15) is 17.1 Å². The van der Waals surface area contributed by atoms with E-state index in [0.717, 1.165) is 17.1 Å². The van der Waals surface area contributed by atoms with Crippen molar-refractivity contribution in [1.29, 1.82) is 0 Å². The normalized spacial score (nSPS) is 10.7. The molecule has 0 bridgehead atoms. The first kappa shape index (κ1) is 16.7. The van der Waals surface area contributed by atoms with Crippen LogP contribution in [0.5, 0.6) is 5.75 Å². The fraction of sp³-hybridized carbons (Fsp3) is 0.294. The van der Waals surface area contributed by atoms with Crippen LogP contribution in [-0.2, 0) is 18.3 Å². The monoisotopic (exact) mass is 340 g/mol. The Labute approximate surface area is 145 Å². The van der Waals surface area contributed by atoms with Crippen LogP contribution in [0.2, 0.25) is 0 Å². The molecule has 3 rings (SSSR count). The van der Waals surface area contributed by atoms with Crippen LogP contribution < -0.4 is 10.1 Å². The van der Waals surface area contributed by atoms with Gasteiger partial charge in [-0.25, -0.2) is 14.6 Å². The first-order valence-corrected chi connectivity index (χ1v) is 7.83. The maximum atomic E-state index is 11.7. The molecule has 0 saturated carbocycles. The van der Waals surface area contributed by atoms with Crippen molar-refractivity contribution >= 4 is 5.91 Å². The number of para-hydroxylation sites is 2. The van der Waals surface area contributed by atoms with Crippen LogP contribution in [0, 0.1) is 6.92 Å². The molecule has 8 nitrogen and oxygen atoms in total. The summed E-state index contributed by atoms with van der Waals surface area (Å²) in [4.78, 5) is 20.7.